The number of hydrogen-bond donors (Lipinski definition) is 1. The monoisotopic (exact) mass is 432 g/mol. The molecule has 0 bridgehead atoms. The van der Waals surface area contributed by atoms with Gasteiger partial charge in [0.2, 0.25) is 5.91 Å². The second-order valence-corrected chi connectivity index (χ2v) is 7.97. The number of hydrogen-bond acceptors (Lipinski definition) is 3. The third-order valence-electron chi connectivity index (χ3n) is 5.30. The number of nitrogens with one attached hydrogen (secondary N) is 1. The van der Waals surface area contributed by atoms with Crippen molar-refractivity contribution in [2.75, 3.05) is 6.61 Å². The largest absolute Gasteiger partial charge is 0.481 e. The highest BCUT2D eigenvalue weighted by Gasteiger charge is 2.29. The molecule has 1 fully saturated rings. The molecule has 1 aliphatic carbocycles. The predicted molar refractivity (Wildman–Crippen MR) is 114 cm³/mol. The molecule has 1 N–H and O–H groups in total. The van der Waals surface area contributed by atoms with Crippen molar-refractivity contribution in [3.05, 3.63) is 64.9 Å². The van der Waals surface area contributed by atoms with E-state index in [0.29, 0.717) is 5.02 Å². The van der Waals surface area contributed by atoms with E-state index in [1.165, 1.54) is 17.0 Å². The van der Waals surface area contributed by atoms with Gasteiger partial charge in [-0.25, -0.2) is 4.39 Å². The van der Waals surface area contributed by atoms with E-state index in [9.17, 15) is 14.0 Å². The molecule has 0 radical (unpaired) electrons. The van der Waals surface area contributed by atoms with Gasteiger partial charge in [0.1, 0.15) is 6.04 Å². The predicted octanol–water partition coefficient (Wildman–Crippen LogP) is 4.33. The molecule has 0 heterocycles. The van der Waals surface area contributed by atoms with Crippen LogP contribution in [0.15, 0.2) is 48.5 Å². The normalized spacial score (nSPS) is 14.9. The first kappa shape index (κ1) is 22.1. The van der Waals surface area contributed by atoms with E-state index in [0.717, 1.165) is 31.2 Å². The van der Waals surface area contributed by atoms with Crippen LogP contribution < -0.4 is 10.1 Å². The highest BCUT2D eigenvalue weighted by Crippen LogP contribution is 2.20. The Bertz CT molecular complexity index is 886. The highest BCUT2D eigenvalue weighted by molar-refractivity contribution is 6.30. The molecule has 1 atom stereocenters. The summed E-state index contributed by atoms with van der Waals surface area (Å²) in [5, 5.41) is 3.58. The summed E-state index contributed by atoms with van der Waals surface area (Å²) in [5.41, 5.74) is 0.794. The van der Waals surface area contributed by atoms with E-state index in [1.807, 2.05) is 6.07 Å². The molecular formula is C23H26ClFN2O3. The number of benzene rings is 2. The number of para-hydroxylation sites is 1. The molecule has 1 aliphatic rings. The first-order valence-corrected chi connectivity index (χ1v) is 10.5. The Morgan fingerprint density at radius 2 is 1.93 bits per heavy atom. The Morgan fingerprint density at radius 3 is 2.63 bits per heavy atom. The van der Waals surface area contributed by atoms with Crippen molar-refractivity contribution >= 4 is 23.4 Å². The number of rotatable bonds is 8. The smallest absolute Gasteiger partial charge is 0.261 e. The van der Waals surface area contributed by atoms with Crippen molar-refractivity contribution < 1.29 is 18.7 Å². The molecular weight excluding hydrogens is 407 g/mol. The molecule has 0 saturated heterocycles. The van der Waals surface area contributed by atoms with Crippen LogP contribution in [0, 0.1) is 5.82 Å². The third kappa shape index (κ3) is 5.95. The molecule has 3 rings (SSSR count). The topological polar surface area (TPSA) is 58.6 Å². The van der Waals surface area contributed by atoms with E-state index in [4.69, 9.17) is 16.3 Å². The summed E-state index contributed by atoms with van der Waals surface area (Å²) >= 11 is 6.07. The average molecular weight is 433 g/mol. The number of ether oxygens (including phenoxy) is 1. The van der Waals surface area contributed by atoms with Crippen molar-refractivity contribution in [1.82, 2.24) is 10.2 Å². The Morgan fingerprint density at radius 1 is 1.20 bits per heavy atom. The summed E-state index contributed by atoms with van der Waals surface area (Å²) in [6.45, 7) is 1.51. The lowest BCUT2D eigenvalue weighted by atomic mass is 10.1. The lowest BCUT2D eigenvalue weighted by Gasteiger charge is -2.29. The Labute approximate surface area is 181 Å². The maximum absolute atomic E-state index is 13.8. The molecule has 30 heavy (non-hydrogen) atoms. The van der Waals surface area contributed by atoms with Crippen LogP contribution in [0.2, 0.25) is 5.02 Å². The zero-order valence-electron chi connectivity index (χ0n) is 16.9. The van der Waals surface area contributed by atoms with E-state index in [-0.39, 0.29) is 30.9 Å². The Balaban J connectivity index is 1.72. The van der Waals surface area contributed by atoms with Crippen LogP contribution in [-0.2, 0) is 16.1 Å². The fourth-order valence-corrected chi connectivity index (χ4v) is 3.80. The van der Waals surface area contributed by atoms with Gasteiger partial charge in [-0.15, -0.1) is 0 Å². The minimum absolute atomic E-state index is 0.00313. The maximum atomic E-state index is 13.8. The number of carbonyl (C=O) groups is 2. The number of carbonyl (C=O) groups excluding carboxylic acids is 2. The van der Waals surface area contributed by atoms with Crippen molar-refractivity contribution in [2.45, 2.75) is 51.2 Å². The van der Waals surface area contributed by atoms with Crippen molar-refractivity contribution in [3.63, 3.8) is 0 Å². The summed E-state index contributed by atoms with van der Waals surface area (Å²) in [6, 6.07) is 12.5. The van der Waals surface area contributed by atoms with E-state index >= 15 is 0 Å². The molecule has 0 aromatic heterocycles. The summed E-state index contributed by atoms with van der Waals surface area (Å²) in [6.07, 6.45) is 4.11. The molecule has 7 heteroatoms. The van der Waals surface area contributed by atoms with Gasteiger partial charge < -0.3 is 15.0 Å². The van der Waals surface area contributed by atoms with Crippen LogP contribution in [0.4, 0.5) is 4.39 Å². The number of amides is 2. The van der Waals surface area contributed by atoms with Gasteiger partial charge in [0.25, 0.3) is 5.91 Å². The standard InChI is InChI=1S/C23H26ClFN2O3/c1-16(23(29)26-19-9-2-3-10-19)27(14-17-7-6-8-18(24)13-17)22(28)15-30-21-12-5-4-11-20(21)25/h4-8,11-13,16,19H,2-3,9-10,14-15H2,1H3,(H,26,29)/t16-/m0/s1. The maximum Gasteiger partial charge on any atom is 0.261 e. The Kier molecular flexibility index (Phi) is 7.69. The van der Waals surface area contributed by atoms with Crippen LogP contribution in [0.5, 0.6) is 5.75 Å². The Hall–Kier alpha value is -2.60. The minimum atomic E-state index is -0.707. The zero-order valence-corrected chi connectivity index (χ0v) is 17.7. The molecule has 0 unspecified atom stereocenters. The SMILES string of the molecule is C[C@@H](C(=O)NC1CCCC1)N(Cc1cccc(Cl)c1)C(=O)COc1ccccc1F. The van der Waals surface area contributed by atoms with Gasteiger partial charge in [-0.2, -0.15) is 0 Å². The molecule has 2 aromatic carbocycles. The average Bonchev–Trinajstić information content (AvgIpc) is 3.24. The van der Waals surface area contributed by atoms with Crippen LogP contribution in [0.3, 0.4) is 0 Å². The first-order valence-electron chi connectivity index (χ1n) is 10.2. The summed E-state index contributed by atoms with van der Waals surface area (Å²) in [7, 11) is 0. The first-order chi connectivity index (χ1) is 14.4. The second kappa shape index (κ2) is 10.4. The number of nitrogens with zero attached hydrogens (tertiary/aromatic N) is 1. The van der Waals surface area contributed by atoms with Crippen LogP contribution >= 0.6 is 11.6 Å². The third-order valence-corrected chi connectivity index (χ3v) is 5.53. The minimum Gasteiger partial charge on any atom is -0.481 e. The van der Waals surface area contributed by atoms with Gasteiger partial charge in [0.05, 0.1) is 0 Å². The van der Waals surface area contributed by atoms with Crippen molar-refractivity contribution in [3.8, 4) is 5.75 Å². The molecule has 0 aliphatic heterocycles. The zero-order chi connectivity index (χ0) is 21.5. The fourth-order valence-electron chi connectivity index (χ4n) is 3.59. The molecule has 2 amide bonds. The fraction of sp³-hybridized carbons (Fsp3) is 0.391. The molecule has 160 valence electrons. The van der Waals surface area contributed by atoms with Crippen LogP contribution in [-0.4, -0.2) is 35.4 Å². The summed E-state index contributed by atoms with van der Waals surface area (Å²) in [4.78, 5) is 27.2. The summed E-state index contributed by atoms with van der Waals surface area (Å²) < 4.78 is 19.2. The van der Waals surface area contributed by atoms with Gasteiger partial charge in [0, 0.05) is 17.6 Å². The van der Waals surface area contributed by atoms with Crippen molar-refractivity contribution in [2.24, 2.45) is 0 Å². The molecule has 5 nitrogen and oxygen atoms in total. The quantitative estimate of drug-likeness (QED) is 0.675. The van der Waals surface area contributed by atoms with Gasteiger partial charge in [-0.05, 0) is 49.6 Å². The van der Waals surface area contributed by atoms with Gasteiger partial charge >= 0.3 is 0 Å². The highest BCUT2D eigenvalue weighted by atomic mass is 35.5. The van der Waals surface area contributed by atoms with Gasteiger partial charge in [0.15, 0.2) is 18.2 Å². The van der Waals surface area contributed by atoms with Crippen LogP contribution in [0.25, 0.3) is 0 Å². The molecule has 1 saturated carbocycles. The van der Waals surface area contributed by atoms with E-state index in [1.54, 1.807) is 37.3 Å². The molecule has 2 aromatic rings. The second-order valence-electron chi connectivity index (χ2n) is 7.54. The lowest BCUT2D eigenvalue weighted by Crippen LogP contribution is -2.50. The van der Waals surface area contributed by atoms with Gasteiger partial charge in [-0.1, -0.05) is 48.7 Å². The van der Waals surface area contributed by atoms with Crippen LogP contribution in [0.1, 0.15) is 38.2 Å². The van der Waals surface area contributed by atoms with E-state index < -0.39 is 17.8 Å². The molecule has 0 spiro atoms. The van der Waals surface area contributed by atoms with E-state index in [2.05, 4.69) is 5.32 Å². The van der Waals surface area contributed by atoms with Gasteiger partial charge in [-0.3, -0.25) is 9.59 Å². The number of halogens is 2. The lowest BCUT2D eigenvalue weighted by molar-refractivity contribution is -0.142. The summed E-state index contributed by atoms with van der Waals surface area (Å²) in [5.74, 6) is -1.16. The van der Waals surface area contributed by atoms with Crippen molar-refractivity contribution in [1.29, 1.82) is 0 Å².